The zero-order valence-electron chi connectivity index (χ0n) is 12.4. The van der Waals surface area contributed by atoms with Crippen LogP contribution >= 0.6 is 0 Å². The monoisotopic (exact) mass is 304 g/mol. The van der Waals surface area contributed by atoms with Gasteiger partial charge < -0.3 is 10.6 Å². The summed E-state index contributed by atoms with van der Waals surface area (Å²) in [6, 6.07) is 19.3. The molecule has 0 radical (unpaired) electrons. The van der Waals surface area contributed by atoms with Crippen LogP contribution < -0.4 is 10.6 Å². The minimum atomic E-state index is -0.279. The van der Waals surface area contributed by atoms with Crippen LogP contribution in [0.2, 0.25) is 0 Å². The van der Waals surface area contributed by atoms with E-state index in [1.54, 1.807) is 6.20 Å². The quantitative estimate of drug-likeness (QED) is 0.758. The summed E-state index contributed by atoms with van der Waals surface area (Å²) < 4.78 is 0. The number of hydrogen-bond donors (Lipinski definition) is 2. The third-order valence-electron chi connectivity index (χ3n) is 3.23. The van der Waals surface area contributed by atoms with Gasteiger partial charge in [-0.05, 0) is 17.7 Å². The first-order valence-electron chi connectivity index (χ1n) is 7.27. The highest BCUT2D eigenvalue weighted by Gasteiger charge is 2.08. The van der Waals surface area contributed by atoms with Crippen molar-refractivity contribution < 1.29 is 4.79 Å². The minimum absolute atomic E-state index is 0.277. The van der Waals surface area contributed by atoms with E-state index in [-0.39, 0.29) is 11.6 Å². The van der Waals surface area contributed by atoms with Gasteiger partial charge in [-0.25, -0.2) is 9.97 Å². The second kappa shape index (κ2) is 7.17. The van der Waals surface area contributed by atoms with Gasteiger partial charge in [0.05, 0.1) is 12.4 Å². The Balaban J connectivity index is 1.59. The first kappa shape index (κ1) is 14.7. The van der Waals surface area contributed by atoms with Crippen LogP contribution in [-0.4, -0.2) is 15.9 Å². The Morgan fingerprint density at radius 2 is 1.57 bits per heavy atom. The normalized spacial score (nSPS) is 10.1. The molecule has 0 unspecified atom stereocenters. The van der Waals surface area contributed by atoms with Gasteiger partial charge in [0.2, 0.25) is 0 Å². The van der Waals surface area contributed by atoms with E-state index >= 15 is 0 Å². The maximum absolute atomic E-state index is 12.1. The molecule has 0 aliphatic carbocycles. The lowest BCUT2D eigenvalue weighted by Crippen LogP contribution is -2.14. The molecule has 2 N–H and O–H groups in total. The molecule has 114 valence electrons. The SMILES string of the molecule is O=C(Nc1ccccc1)c1cnc(NCc2ccccc2)cn1. The molecule has 0 saturated carbocycles. The summed E-state index contributed by atoms with van der Waals surface area (Å²) in [5.41, 5.74) is 2.16. The third-order valence-corrected chi connectivity index (χ3v) is 3.23. The van der Waals surface area contributed by atoms with Crippen LogP contribution in [0.15, 0.2) is 73.1 Å². The van der Waals surface area contributed by atoms with Crippen LogP contribution in [0.3, 0.4) is 0 Å². The third kappa shape index (κ3) is 4.14. The molecule has 1 aromatic heterocycles. The van der Waals surface area contributed by atoms with Crippen LogP contribution in [0, 0.1) is 0 Å². The summed E-state index contributed by atoms with van der Waals surface area (Å²) in [5.74, 6) is 0.350. The number of anilines is 2. The van der Waals surface area contributed by atoms with E-state index in [9.17, 15) is 4.79 Å². The van der Waals surface area contributed by atoms with Crippen LogP contribution in [0.25, 0.3) is 0 Å². The molecule has 5 heteroatoms. The fraction of sp³-hybridized carbons (Fsp3) is 0.0556. The highest BCUT2D eigenvalue weighted by Crippen LogP contribution is 2.09. The van der Waals surface area contributed by atoms with Crippen molar-refractivity contribution in [3.63, 3.8) is 0 Å². The van der Waals surface area contributed by atoms with E-state index in [1.165, 1.54) is 6.20 Å². The number of carbonyl (C=O) groups excluding carboxylic acids is 1. The largest absolute Gasteiger partial charge is 0.365 e. The zero-order chi connectivity index (χ0) is 15.9. The summed E-state index contributed by atoms with van der Waals surface area (Å²) in [6.07, 6.45) is 3.02. The molecule has 0 aliphatic rings. The number of carbonyl (C=O) groups is 1. The highest BCUT2D eigenvalue weighted by atomic mass is 16.1. The maximum Gasteiger partial charge on any atom is 0.275 e. The van der Waals surface area contributed by atoms with Crippen LogP contribution in [-0.2, 0) is 6.54 Å². The van der Waals surface area contributed by atoms with Gasteiger partial charge in [0.25, 0.3) is 5.91 Å². The Labute approximate surface area is 134 Å². The van der Waals surface area contributed by atoms with Crippen molar-refractivity contribution in [2.24, 2.45) is 0 Å². The predicted molar refractivity (Wildman–Crippen MR) is 90.2 cm³/mol. The molecule has 2 aromatic carbocycles. The molecule has 3 rings (SSSR count). The molecular weight excluding hydrogens is 288 g/mol. The Hall–Kier alpha value is -3.21. The first-order valence-corrected chi connectivity index (χ1v) is 7.27. The summed E-state index contributed by atoms with van der Waals surface area (Å²) >= 11 is 0. The van der Waals surface area contributed by atoms with Crippen molar-refractivity contribution in [1.29, 1.82) is 0 Å². The Morgan fingerprint density at radius 1 is 0.870 bits per heavy atom. The molecule has 0 aliphatic heterocycles. The lowest BCUT2D eigenvalue weighted by atomic mass is 10.2. The summed E-state index contributed by atoms with van der Waals surface area (Å²) in [7, 11) is 0. The summed E-state index contributed by atoms with van der Waals surface area (Å²) in [4.78, 5) is 20.4. The fourth-order valence-corrected chi connectivity index (χ4v) is 2.04. The lowest BCUT2D eigenvalue weighted by molar-refractivity contribution is 0.102. The molecular formula is C18H16N4O. The average Bonchev–Trinajstić information content (AvgIpc) is 2.62. The van der Waals surface area contributed by atoms with Crippen LogP contribution in [0.4, 0.5) is 11.5 Å². The van der Waals surface area contributed by atoms with Gasteiger partial charge in [-0.15, -0.1) is 0 Å². The van der Waals surface area contributed by atoms with Crippen molar-refractivity contribution in [1.82, 2.24) is 9.97 Å². The molecule has 5 nitrogen and oxygen atoms in total. The second-order valence-corrected chi connectivity index (χ2v) is 4.95. The molecule has 1 amide bonds. The molecule has 3 aromatic rings. The number of para-hydroxylation sites is 1. The molecule has 0 atom stereocenters. The smallest absolute Gasteiger partial charge is 0.275 e. The number of rotatable bonds is 5. The topological polar surface area (TPSA) is 66.9 Å². The number of aromatic nitrogens is 2. The Bertz CT molecular complexity index is 758. The average molecular weight is 304 g/mol. The number of amides is 1. The minimum Gasteiger partial charge on any atom is -0.365 e. The van der Waals surface area contributed by atoms with E-state index in [0.717, 1.165) is 11.3 Å². The highest BCUT2D eigenvalue weighted by molar-refractivity contribution is 6.02. The van der Waals surface area contributed by atoms with Crippen molar-refractivity contribution >= 4 is 17.4 Å². The number of nitrogens with one attached hydrogen (secondary N) is 2. The maximum atomic E-state index is 12.1. The van der Waals surface area contributed by atoms with Crippen molar-refractivity contribution in [3.8, 4) is 0 Å². The predicted octanol–water partition coefficient (Wildman–Crippen LogP) is 3.34. The molecule has 0 fully saturated rings. The van der Waals surface area contributed by atoms with Gasteiger partial charge in [0.1, 0.15) is 11.5 Å². The van der Waals surface area contributed by atoms with Crippen molar-refractivity contribution in [2.45, 2.75) is 6.54 Å². The van der Waals surface area contributed by atoms with Gasteiger partial charge in [-0.2, -0.15) is 0 Å². The van der Waals surface area contributed by atoms with Gasteiger partial charge in [0.15, 0.2) is 0 Å². The standard InChI is InChI=1S/C18H16N4O/c23-18(22-15-9-5-2-6-10-15)16-12-21-17(13-19-16)20-11-14-7-3-1-4-8-14/h1-10,12-13H,11H2,(H,20,21)(H,22,23). The Kier molecular flexibility index (Phi) is 4.59. The number of nitrogens with zero attached hydrogens (tertiary/aromatic N) is 2. The van der Waals surface area contributed by atoms with Crippen molar-refractivity contribution in [3.05, 3.63) is 84.3 Å². The van der Waals surface area contributed by atoms with Gasteiger partial charge in [-0.3, -0.25) is 4.79 Å². The van der Waals surface area contributed by atoms with Gasteiger partial charge in [0, 0.05) is 12.2 Å². The number of benzene rings is 2. The summed E-state index contributed by atoms with van der Waals surface area (Å²) in [5, 5.41) is 5.95. The molecule has 23 heavy (non-hydrogen) atoms. The first-order chi connectivity index (χ1) is 11.3. The van der Waals surface area contributed by atoms with Crippen molar-refractivity contribution in [2.75, 3.05) is 10.6 Å². The summed E-state index contributed by atoms with van der Waals surface area (Å²) in [6.45, 7) is 0.658. The second-order valence-electron chi connectivity index (χ2n) is 4.95. The van der Waals surface area contributed by atoms with Crippen LogP contribution in [0.5, 0.6) is 0 Å². The van der Waals surface area contributed by atoms with E-state index in [4.69, 9.17) is 0 Å². The molecule has 1 heterocycles. The fourth-order valence-electron chi connectivity index (χ4n) is 2.04. The zero-order valence-corrected chi connectivity index (χ0v) is 12.4. The van der Waals surface area contributed by atoms with Crippen LogP contribution in [0.1, 0.15) is 16.1 Å². The Morgan fingerprint density at radius 3 is 2.22 bits per heavy atom. The van der Waals surface area contributed by atoms with E-state index in [2.05, 4.69) is 20.6 Å². The molecule has 0 saturated heterocycles. The van der Waals surface area contributed by atoms with Gasteiger partial charge in [-0.1, -0.05) is 48.5 Å². The number of hydrogen-bond acceptors (Lipinski definition) is 4. The molecule has 0 spiro atoms. The lowest BCUT2D eigenvalue weighted by Gasteiger charge is -2.07. The molecule has 0 bridgehead atoms. The van der Waals surface area contributed by atoms with Gasteiger partial charge >= 0.3 is 0 Å². The van der Waals surface area contributed by atoms with E-state index in [1.807, 2.05) is 60.7 Å². The van der Waals surface area contributed by atoms with E-state index < -0.39 is 0 Å². The van der Waals surface area contributed by atoms with E-state index in [0.29, 0.717) is 12.4 Å².